The molecule has 2 aromatic carbocycles. The predicted molar refractivity (Wildman–Crippen MR) is 91.6 cm³/mol. The Morgan fingerprint density at radius 1 is 0.905 bits per heavy atom. The summed E-state index contributed by atoms with van der Waals surface area (Å²) < 4.78 is 0. The lowest BCUT2D eigenvalue weighted by Gasteiger charge is -2.27. The molecule has 21 heavy (non-hydrogen) atoms. The van der Waals surface area contributed by atoms with Gasteiger partial charge in [0.15, 0.2) is 0 Å². The molecule has 0 aliphatic rings. The lowest BCUT2D eigenvalue weighted by atomic mass is 9.84. The van der Waals surface area contributed by atoms with Crippen LogP contribution in [0.1, 0.15) is 37.8 Å². The van der Waals surface area contributed by atoms with Gasteiger partial charge in [-0.25, -0.2) is 0 Å². The van der Waals surface area contributed by atoms with E-state index >= 15 is 0 Å². The number of hydrogen-bond acceptors (Lipinski definition) is 1. The summed E-state index contributed by atoms with van der Waals surface area (Å²) in [5.41, 5.74) is 4.05. The average Bonchev–Trinajstić information content (AvgIpc) is 2.49. The molecule has 1 N–H and O–H groups in total. The van der Waals surface area contributed by atoms with Crippen LogP contribution in [-0.2, 0) is 0 Å². The van der Waals surface area contributed by atoms with Gasteiger partial charge in [0, 0.05) is 12.0 Å². The lowest BCUT2D eigenvalue weighted by molar-refractivity contribution is 0.555. The third-order valence-corrected chi connectivity index (χ3v) is 3.63. The van der Waals surface area contributed by atoms with Crippen LogP contribution in [0.25, 0.3) is 0 Å². The molecule has 0 heterocycles. The first kappa shape index (κ1) is 15.5. The first-order chi connectivity index (χ1) is 10.2. The Morgan fingerprint density at radius 3 is 1.76 bits per heavy atom. The maximum atomic E-state index is 3.63. The van der Waals surface area contributed by atoms with E-state index in [0.717, 1.165) is 6.54 Å². The molecule has 0 fully saturated rings. The van der Waals surface area contributed by atoms with Gasteiger partial charge in [0.25, 0.3) is 0 Å². The molecule has 0 aliphatic carbocycles. The van der Waals surface area contributed by atoms with Crippen LogP contribution in [0.2, 0.25) is 0 Å². The minimum Gasteiger partial charge on any atom is -0.310 e. The van der Waals surface area contributed by atoms with Gasteiger partial charge < -0.3 is 5.32 Å². The standard InChI is InChI=1S/C20H25N/c1-4-21-19(15-16(2)3)20(17-11-7-5-8-12-17)18-13-9-6-10-14-18/h5-15,19-21H,4H2,1-3H3. The smallest absolute Gasteiger partial charge is 0.0362 e. The fourth-order valence-electron chi connectivity index (χ4n) is 2.80. The fourth-order valence-corrected chi connectivity index (χ4v) is 2.80. The zero-order chi connectivity index (χ0) is 15.1. The molecule has 1 unspecified atom stereocenters. The van der Waals surface area contributed by atoms with Gasteiger partial charge in [-0.15, -0.1) is 0 Å². The number of hydrogen-bond donors (Lipinski definition) is 1. The molecule has 0 radical (unpaired) electrons. The van der Waals surface area contributed by atoms with Crippen molar-refractivity contribution < 1.29 is 0 Å². The number of rotatable bonds is 6. The second kappa shape index (κ2) is 7.80. The van der Waals surface area contributed by atoms with E-state index in [1.54, 1.807) is 0 Å². The molecule has 110 valence electrons. The molecule has 1 nitrogen and oxygen atoms in total. The third kappa shape index (κ3) is 4.30. The van der Waals surface area contributed by atoms with E-state index in [4.69, 9.17) is 0 Å². The van der Waals surface area contributed by atoms with Crippen LogP contribution in [0, 0.1) is 0 Å². The van der Waals surface area contributed by atoms with E-state index in [1.807, 2.05) is 0 Å². The highest BCUT2D eigenvalue weighted by Gasteiger charge is 2.22. The molecule has 0 saturated heterocycles. The van der Waals surface area contributed by atoms with Crippen molar-refractivity contribution in [2.24, 2.45) is 0 Å². The molecule has 1 heteroatoms. The van der Waals surface area contributed by atoms with E-state index in [9.17, 15) is 0 Å². The summed E-state index contributed by atoms with van der Waals surface area (Å²) in [6.45, 7) is 7.46. The van der Waals surface area contributed by atoms with Crippen molar-refractivity contribution in [3.05, 3.63) is 83.4 Å². The first-order valence-corrected chi connectivity index (χ1v) is 7.70. The van der Waals surface area contributed by atoms with Crippen LogP contribution >= 0.6 is 0 Å². The Hall–Kier alpha value is -1.86. The normalized spacial score (nSPS) is 12.2. The Labute approximate surface area is 128 Å². The molecule has 0 aliphatic heterocycles. The second-order valence-electron chi connectivity index (χ2n) is 5.63. The van der Waals surface area contributed by atoms with Crippen molar-refractivity contribution in [1.29, 1.82) is 0 Å². The Bertz CT molecular complexity index is 513. The highest BCUT2D eigenvalue weighted by atomic mass is 14.9. The van der Waals surface area contributed by atoms with E-state index in [1.165, 1.54) is 16.7 Å². The highest BCUT2D eigenvalue weighted by molar-refractivity contribution is 5.36. The number of allylic oxidation sites excluding steroid dienone is 1. The number of nitrogens with one attached hydrogen (secondary N) is 1. The molecular formula is C20H25N. The molecule has 0 bridgehead atoms. The van der Waals surface area contributed by atoms with Gasteiger partial charge in [0.2, 0.25) is 0 Å². The summed E-state index contributed by atoms with van der Waals surface area (Å²) in [6.07, 6.45) is 2.34. The van der Waals surface area contributed by atoms with Crippen molar-refractivity contribution in [1.82, 2.24) is 5.32 Å². The summed E-state index contributed by atoms with van der Waals surface area (Å²) in [5.74, 6) is 0.335. The molecule has 0 aromatic heterocycles. The first-order valence-electron chi connectivity index (χ1n) is 7.70. The largest absolute Gasteiger partial charge is 0.310 e. The Morgan fingerprint density at radius 2 is 1.38 bits per heavy atom. The monoisotopic (exact) mass is 279 g/mol. The van der Waals surface area contributed by atoms with Crippen LogP contribution in [0.3, 0.4) is 0 Å². The second-order valence-corrected chi connectivity index (χ2v) is 5.63. The zero-order valence-corrected chi connectivity index (χ0v) is 13.2. The number of benzene rings is 2. The van der Waals surface area contributed by atoms with Crippen molar-refractivity contribution in [2.75, 3.05) is 6.54 Å². The molecule has 0 amide bonds. The maximum absolute atomic E-state index is 3.63. The van der Waals surface area contributed by atoms with Gasteiger partial charge in [-0.2, -0.15) is 0 Å². The highest BCUT2D eigenvalue weighted by Crippen LogP contribution is 2.29. The fraction of sp³-hybridized carbons (Fsp3) is 0.300. The Kier molecular flexibility index (Phi) is 5.77. The molecule has 0 spiro atoms. The molecule has 0 saturated carbocycles. The summed E-state index contributed by atoms with van der Waals surface area (Å²) >= 11 is 0. The van der Waals surface area contributed by atoms with Gasteiger partial charge in [-0.3, -0.25) is 0 Å². The van der Waals surface area contributed by atoms with E-state index in [-0.39, 0.29) is 0 Å². The zero-order valence-electron chi connectivity index (χ0n) is 13.2. The van der Waals surface area contributed by atoms with Crippen molar-refractivity contribution in [3.63, 3.8) is 0 Å². The van der Waals surface area contributed by atoms with Gasteiger partial charge in [0.05, 0.1) is 0 Å². The van der Waals surface area contributed by atoms with Crippen molar-refractivity contribution >= 4 is 0 Å². The van der Waals surface area contributed by atoms with Crippen molar-refractivity contribution in [3.8, 4) is 0 Å². The quantitative estimate of drug-likeness (QED) is 0.752. The van der Waals surface area contributed by atoms with Gasteiger partial charge in [0.1, 0.15) is 0 Å². The van der Waals surface area contributed by atoms with Crippen LogP contribution < -0.4 is 5.32 Å². The summed E-state index contributed by atoms with van der Waals surface area (Å²) in [4.78, 5) is 0. The molecule has 2 rings (SSSR count). The Balaban J connectivity index is 2.46. The van der Waals surface area contributed by atoms with Crippen molar-refractivity contribution in [2.45, 2.75) is 32.7 Å². The van der Waals surface area contributed by atoms with Gasteiger partial charge in [-0.1, -0.05) is 79.2 Å². The van der Waals surface area contributed by atoms with Crippen LogP contribution in [0.5, 0.6) is 0 Å². The number of likely N-dealkylation sites (N-methyl/N-ethyl adjacent to an activating group) is 1. The lowest BCUT2D eigenvalue weighted by Crippen LogP contribution is -2.34. The maximum Gasteiger partial charge on any atom is 0.0362 e. The molecule has 2 aromatic rings. The predicted octanol–water partition coefficient (Wildman–Crippen LogP) is 4.76. The minimum atomic E-state index is 0.310. The minimum absolute atomic E-state index is 0.310. The van der Waals surface area contributed by atoms with E-state index in [2.05, 4.69) is 92.8 Å². The SMILES string of the molecule is CCNC(C=C(C)C)C(c1ccccc1)c1ccccc1. The summed E-state index contributed by atoms with van der Waals surface area (Å²) in [6, 6.07) is 21.8. The summed E-state index contributed by atoms with van der Waals surface area (Å²) in [5, 5.41) is 3.63. The van der Waals surface area contributed by atoms with E-state index in [0.29, 0.717) is 12.0 Å². The average molecular weight is 279 g/mol. The van der Waals surface area contributed by atoms with Crippen LogP contribution in [-0.4, -0.2) is 12.6 Å². The van der Waals surface area contributed by atoms with Crippen LogP contribution in [0.4, 0.5) is 0 Å². The summed E-state index contributed by atoms with van der Waals surface area (Å²) in [7, 11) is 0. The van der Waals surface area contributed by atoms with E-state index < -0.39 is 0 Å². The molecule has 1 atom stereocenters. The van der Waals surface area contributed by atoms with Gasteiger partial charge >= 0.3 is 0 Å². The van der Waals surface area contributed by atoms with Crippen LogP contribution in [0.15, 0.2) is 72.3 Å². The van der Waals surface area contributed by atoms with Gasteiger partial charge in [-0.05, 0) is 31.5 Å². The molecular weight excluding hydrogens is 254 g/mol. The topological polar surface area (TPSA) is 12.0 Å². The third-order valence-electron chi connectivity index (χ3n) is 3.63.